The molecule has 2 heterocycles. The van der Waals surface area contributed by atoms with Gasteiger partial charge in [-0.25, -0.2) is 0 Å². The van der Waals surface area contributed by atoms with E-state index < -0.39 is 0 Å². The van der Waals surface area contributed by atoms with Crippen molar-refractivity contribution in [1.29, 1.82) is 0 Å². The van der Waals surface area contributed by atoms with Crippen molar-refractivity contribution in [3.8, 4) is 0 Å². The first kappa shape index (κ1) is 16.1. The molecular formula is C14H26N4O3. The standard InChI is InChI=1S/C14H26N4O3/c19-13-18-9-4-15-2-7-17(8-3-16-5-10-18)6-1-14-20-11-12-21-14/h11-16H,1-10H2. The van der Waals surface area contributed by atoms with Gasteiger partial charge in [0.2, 0.25) is 12.7 Å². The molecule has 0 aromatic rings. The molecule has 0 aliphatic carbocycles. The van der Waals surface area contributed by atoms with E-state index in [1.807, 2.05) is 0 Å². The topological polar surface area (TPSA) is 66.1 Å². The Labute approximate surface area is 126 Å². The van der Waals surface area contributed by atoms with Crippen LogP contribution in [0.1, 0.15) is 6.42 Å². The smallest absolute Gasteiger partial charge is 0.240 e. The van der Waals surface area contributed by atoms with Gasteiger partial charge in [-0.05, 0) is 0 Å². The van der Waals surface area contributed by atoms with Gasteiger partial charge in [0.25, 0.3) is 0 Å². The number of ether oxygens (including phenoxy) is 2. The first-order chi connectivity index (χ1) is 10.4. The van der Waals surface area contributed by atoms with Crippen molar-refractivity contribution in [2.45, 2.75) is 12.7 Å². The molecule has 0 bridgehead atoms. The fourth-order valence-electron chi connectivity index (χ4n) is 2.42. The molecule has 2 aliphatic heterocycles. The molecule has 0 saturated carbocycles. The Kier molecular flexibility index (Phi) is 7.34. The molecule has 2 N–H and O–H groups in total. The summed E-state index contributed by atoms with van der Waals surface area (Å²) in [4.78, 5) is 15.1. The molecule has 0 spiro atoms. The van der Waals surface area contributed by atoms with E-state index in [0.717, 1.165) is 71.7 Å². The minimum atomic E-state index is -0.131. The Bertz CT molecular complexity index is 305. The van der Waals surface area contributed by atoms with Crippen LogP contribution in [0.5, 0.6) is 0 Å². The van der Waals surface area contributed by atoms with Crippen LogP contribution in [0.2, 0.25) is 0 Å². The van der Waals surface area contributed by atoms with E-state index in [1.54, 1.807) is 17.4 Å². The van der Waals surface area contributed by atoms with Gasteiger partial charge >= 0.3 is 0 Å². The molecule has 0 aromatic heterocycles. The Balaban J connectivity index is 1.68. The third kappa shape index (κ3) is 6.33. The monoisotopic (exact) mass is 298 g/mol. The van der Waals surface area contributed by atoms with E-state index in [2.05, 4.69) is 15.5 Å². The molecule has 1 fully saturated rings. The molecular weight excluding hydrogens is 272 g/mol. The molecule has 0 radical (unpaired) electrons. The quantitative estimate of drug-likeness (QED) is 0.661. The third-order valence-corrected chi connectivity index (χ3v) is 3.71. The van der Waals surface area contributed by atoms with Gasteiger partial charge in [-0.2, -0.15) is 0 Å². The Morgan fingerprint density at radius 3 is 2.14 bits per heavy atom. The lowest BCUT2D eigenvalue weighted by molar-refractivity contribution is -0.118. The maximum absolute atomic E-state index is 10.9. The molecule has 7 heteroatoms. The summed E-state index contributed by atoms with van der Waals surface area (Å²) in [5.41, 5.74) is 0. The molecule has 0 aromatic carbocycles. The van der Waals surface area contributed by atoms with Gasteiger partial charge in [-0.3, -0.25) is 4.79 Å². The van der Waals surface area contributed by atoms with Crippen molar-refractivity contribution >= 4 is 6.41 Å². The number of hydrogen-bond donors (Lipinski definition) is 2. The highest BCUT2D eigenvalue weighted by Crippen LogP contribution is 2.09. The van der Waals surface area contributed by atoms with Crippen molar-refractivity contribution in [3.63, 3.8) is 0 Å². The number of nitrogens with zero attached hydrogens (tertiary/aromatic N) is 2. The summed E-state index contributed by atoms with van der Waals surface area (Å²) >= 11 is 0. The van der Waals surface area contributed by atoms with Crippen LogP contribution in [0.4, 0.5) is 0 Å². The Morgan fingerprint density at radius 2 is 1.57 bits per heavy atom. The van der Waals surface area contributed by atoms with Crippen LogP contribution in [-0.2, 0) is 14.3 Å². The average Bonchev–Trinajstić information content (AvgIpc) is 3.00. The molecule has 1 saturated heterocycles. The average molecular weight is 298 g/mol. The van der Waals surface area contributed by atoms with Crippen molar-refractivity contribution in [2.75, 3.05) is 58.9 Å². The lowest BCUT2D eigenvalue weighted by Gasteiger charge is -2.25. The second-order valence-electron chi connectivity index (χ2n) is 5.25. The number of carbonyl (C=O) groups is 1. The summed E-state index contributed by atoms with van der Waals surface area (Å²) in [6.07, 6.45) is 4.86. The van der Waals surface area contributed by atoms with Crippen LogP contribution in [0, 0.1) is 0 Å². The predicted octanol–water partition coefficient (Wildman–Crippen LogP) is -0.826. The fraction of sp³-hybridized carbons (Fsp3) is 0.786. The summed E-state index contributed by atoms with van der Waals surface area (Å²) in [6.45, 7) is 7.99. The number of hydrogen-bond acceptors (Lipinski definition) is 6. The minimum absolute atomic E-state index is 0.131. The summed E-state index contributed by atoms with van der Waals surface area (Å²) in [5.74, 6) is 0. The first-order valence-electron chi connectivity index (χ1n) is 7.67. The van der Waals surface area contributed by atoms with E-state index in [-0.39, 0.29) is 6.29 Å². The van der Waals surface area contributed by atoms with Gasteiger partial charge in [-0.15, -0.1) is 0 Å². The van der Waals surface area contributed by atoms with E-state index in [9.17, 15) is 4.79 Å². The highest BCUT2D eigenvalue weighted by atomic mass is 16.7. The minimum Gasteiger partial charge on any atom is -0.459 e. The molecule has 7 nitrogen and oxygen atoms in total. The zero-order valence-corrected chi connectivity index (χ0v) is 12.5. The molecule has 21 heavy (non-hydrogen) atoms. The van der Waals surface area contributed by atoms with E-state index in [1.165, 1.54) is 0 Å². The van der Waals surface area contributed by atoms with Gasteiger partial charge in [0.05, 0.1) is 0 Å². The number of amides is 1. The van der Waals surface area contributed by atoms with E-state index in [0.29, 0.717) is 0 Å². The van der Waals surface area contributed by atoms with Gasteiger partial charge in [0, 0.05) is 65.3 Å². The van der Waals surface area contributed by atoms with Gasteiger partial charge in [-0.1, -0.05) is 0 Å². The number of carbonyl (C=O) groups excluding carboxylic acids is 1. The summed E-state index contributed by atoms with van der Waals surface area (Å²) in [6, 6.07) is 0. The van der Waals surface area contributed by atoms with E-state index >= 15 is 0 Å². The van der Waals surface area contributed by atoms with Crippen molar-refractivity contribution in [2.24, 2.45) is 0 Å². The van der Waals surface area contributed by atoms with Crippen LogP contribution >= 0.6 is 0 Å². The highest BCUT2D eigenvalue weighted by molar-refractivity contribution is 5.46. The summed E-state index contributed by atoms with van der Waals surface area (Å²) in [7, 11) is 0. The van der Waals surface area contributed by atoms with Crippen molar-refractivity contribution in [1.82, 2.24) is 20.4 Å². The fourth-order valence-corrected chi connectivity index (χ4v) is 2.42. The van der Waals surface area contributed by atoms with Crippen molar-refractivity contribution < 1.29 is 14.3 Å². The van der Waals surface area contributed by atoms with Crippen molar-refractivity contribution in [3.05, 3.63) is 12.5 Å². The molecule has 1 amide bonds. The molecule has 2 rings (SSSR count). The number of nitrogens with one attached hydrogen (secondary N) is 2. The normalized spacial score (nSPS) is 23.0. The van der Waals surface area contributed by atoms with Crippen LogP contribution in [0.15, 0.2) is 12.5 Å². The van der Waals surface area contributed by atoms with Gasteiger partial charge in [0.1, 0.15) is 12.5 Å². The Hall–Kier alpha value is -1.31. The lowest BCUT2D eigenvalue weighted by atomic mass is 10.3. The number of rotatable bonds is 4. The summed E-state index contributed by atoms with van der Waals surface area (Å²) in [5, 5.41) is 6.78. The van der Waals surface area contributed by atoms with Crippen LogP contribution in [0.25, 0.3) is 0 Å². The van der Waals surface area contributed by atoms with Crippen LogP contribution in [-0.4, -0.2) is 81.4 Å². The van der Waals surface area contributed by atoms with E-state index in [4.69, 9.17) is 9.47 Å². The molecule has 0 unspecified atom stereocenters. The Morgan fingerprint density at radius 1 is 1.00 bits per heavy atom. The summed E-state index contributed by atoms with van der Waals surface area (Å²) < 4.78 is 10.6. The molecule has 2 aliphatic rings. The van der Waals surface area contributed by atoms with Gasteiger partial charge < -0.3 is 29.9 Å². The SMILES string of the molecule is O=CN1CCNCCN(CCC2OC=CO2)CCNCC1. The molecule has 0 atom stereocenters. The highest BCUT2D eigenvalue weighted by Gasteiger charge is 2.15. The predicted molar refractivity (Wildman–Crippen MR) is 79.5 cm³/mol. The second kappa shape index (κ2) is 9.59. The maximum Gasteiger partial charge on any atom is 0.240 e. The first-order valence-corrected chi connectivity index (χ1v) is 7.67. The van der Waals surface area contributed by atoms with Crippen LogP contribution < -0.4 is 10.6 Å². The zero-order valence-electron chi connectivity index (χ0n) is 12.5. The lowest BCUT2D eigenvalue weighted by Crippen LogP contribution is -2.43. The molecule has 120 valence electrons. The third-order valence-electron chi connectivity index (χ3n) is 3.71. The largest absolute Gasteiger partial charge is 0.459 e. The second-order valence-corrected chi connectivity index (χ2v) is 5.25. The zero-order chi connectivity index (χ0) is 14.8. The van der Waals surface area contributed by atoms with Gasteiger partial charge in [0.15, 0.2) is 0 Å². The van der Waals surface area contributed by atoms with Crippen LogP contribution in [0.3, 0.4) is 0 Å². The maximum atomic E-state index is 10.9.